The third-order valence-electron chi connectivity index (χ3n) is 4.71. The van der Waals surface area contributed by atoms with Crippen molar-refractivity contribution in [3.63, 3.8) is 0 Å². The van der Waals surface area contributed by atoms with Crippen LogP contribution >= 0.6 is 0 Å². The summed E-state index contributed by atoms with van der Waals surface area (Å²) in [6.45, 7) is 5.75. The number of furan rings is 1. The van der Waals surface area contributed by atoms with E-state index in [1.807, 2.05) is 31.5 Å². The molecule has 0 aliphatic carbocycles. The van der Waals surface area contributed by atoms with Crippen LogP contribution in [0.15, 0.2) is 47.1 Å². The molecular weight excluding hydrogens is 300 g/mol. The Bertz CT molecular complexity index is 807. The summed E-state index contributed by atoms with van der Waals surface area (Å²) in [5.74, 6) is 1.83. The van der Waals surface area contributed by atoms with E-state index in [9.17, 15) is 0 Å². The van der Waals surface area contributed by atoms with Gasteiger partial charge >= 0.3 is 0 Å². The summed E-state index contributed by atoms with van der Waals surface area (Å²) in [5, 5.41) is 0. The lowest BCUT2D eigenvalue weighted by molar-refractivity contribution is 0.0972. The number of imidazole rings is 1. The molecule has 0 bridgehead atoms. The summed E-state index contributed by atoms with van der Waals surface area (Å²) in [7, 11) is 0. The second-order valence-electron chi connectivity index (χ2n) is 6.45. The molecule has 3 aromatic rings. The van der Waals surface area contributed by atoms with E-state index >= 15 is 0 Å². The van der Waals surface area contributed by atoms with E-state index in [2.05, 4.69) is 29.7 Å². The normalized spacial score (nSPS) is 17.5. The molecule has 1 atom stereocenters. The largest absolute Gasteiger partial charge is 0.459 e. The van der Waals surface area contributed by atoms with Crippen LogP contribution in [-0.4, -0.2) is 22.3 Å². The number of ether oxygens (including phenoxy) is 1. The van der Waals surface area contributed by atoms with Gasteiger partial charge in [-0.15, -0.1) is 0 Å². The van der Waals surface area contributed by atoms with Gasteiger partial charge in [0.15, 0.2) is 5.76 Å². The maximum atomic E-state index is 6.02. The van der Waals surface area contributed by atoms with Crippen molar-refractivity contribution < 1.29 is 9.15 Å². The first kappa shape index (κ1) is 15.2. The van der Waals surface area contributed by atoms with Crippen LogP contribution in [0.4, 0.5) is 0 Å². The number of hydrogen-bond acceptors (Lipinski definition) is 3. The van der Waals surface area contributed by atoms with E-state index in [0.29, 0.717) is 0 Å². The first-order valence-corrected chi connectivity index (χ1v) is 8.52. The molecule has 0 spiro atoms. The van der Waals surface area contributed by atoms with Crippen LogP contribution in [0.25, 0.3) is 22.7 Å². The predicted octanol–water partition coefficient (Wildman–Crippen LogP) is 4.61. The van der Waals surface area contributed by atoms with Gasteiger partial charge in [-0.25, -0.2) is 4.98 Å². The summed E-state index contributed by atoms with van der Waals surface area (Å²) < 4.78 is 14.0. The average molecular weight is 322 g/mol. The minimum atomic E-state index is 0.263. The molecule has 0 N–H and O–H groups in total. The highest BCUT2D eigenvalue weighted by Gasteiger charge is 2.22. The Kier molecular flexibility index (Phi) is 3.98. The molecule has 0 saturated carbocycles. The smallest absolute Gasteiger partial charge is 0.153 e. The molecule has 4 nitrogen and oxygen atoms in total. The van der Waals surface area contributed by atoms with Crippen molar-refractivity contribution in [1.29, 1.82) is 0 Å². The summed E-state index contributed by atoms with van der Waals surface area (Å²) in [4.78, 5) is 4.69. The van der Waals surface area contributed by atoms with Crippen molar-refractivity contribution >= 4 is 0 Å². The number of hydrogen-bond donors (Lipinski definition) is 0. The van der Waals surface area contributed by atoms with Gasteiger partial charge in [0, 0.05) is 12.2 Å². The molecule has 24 heavy (non-hydrogen) atoms. The van der Waals surface area contributed by atoms with Crippen LogP contribution in [-0.2, 0) is 11.3 Å². The Labute approximate surface area is 142 Å². The maximum Gasteiger partial charge on any atom is 0.153 e. The van der Waals surface area contributed by atoms with Crippen molar-refractivity contribution in [1.82, 2.24) is 9.55 Å². The first-order valence-electron chi connectivity index (χ1n) is 8.52. The number of aromatic nitrogens is 2. The number of benzene rings is 1. The summed E-state index contributed by atoms with van der Waals surface area (Å²) in [5.41, 5.74) is 4.26. The van der Waals surface area contributed by atoms with Crippen molar-refractivity contribution in [2.75, 3.05) is 6.61 Å². The van der Waals surface area contributed by atoms with Crippen LogP contribution in [0.5, 0.6) is 0 Å². The van der Waals surface area contributed by atoms with E-state index in [1.54, 1.807) is 0 Å². The van der Waals surface area contributed by atoms with Crippen molar-refractivity contribution in [2.45, 2.75) is 39.3 Å². The van der Waals surface area contributed by atoms with Gasteiger partial charge in [0.25, 0.3) is 0 Å². The van der Waals surface area contributed by atoms with Gasteiger partial charge < -0.3 is 13.7 Å². The van der Waals surface area contributed by atoms with Crippen molar-refractivity contribution in [3.8, 4) is 22.7 Å². The van der Waals surface area contributed by atoms with Gasteiger partial charge in [-0.3, -0.25) is 0 Å². The monoisotopic (exact) mass is 322 g/mol. The molecule has 1 aliphatic rings. The lowest BCUT2D eigenvalue weighted by Gasteiger charge is -2.13. The van der Waals surface area contributed by atoms with Gasteiger partial charge in [-0.05, 0) is 38.3 Å². The third-order valence-corrected chi connectivity index (χ3v) is 4.71. The summed E-state index contributed by atoms with van der Waals surface area (Å²) in [6, 6.07) is 12.4. The number of rotatable bonds is 4. The lowest BCUT2D eigenvalue weighted by atomic mass is 10.1. The van der Waals surface area contributed by atoms with Crippen LogP contribution in [0.1, 0.15) is 24.2 Å². The van der Waals surface area contributed by atoms with Crippen LogP contribution in [0.3, 0.4) is 0 Å². The topological polar surface area (TPSA) is 40.2 Å². The first-order chi connectivity index (χ1) is 11.7. The highest BCUT2D eigenvalue weighted by molar-refractivity contribution is 5.76. The zero-order valence-electron chi connectivity index (χ0n) is 14.2. The minimum Gasteiger partial charge on any atom is -0.459 e. The Morgan fingerprint density at radius 3 is 2.71 bits per heavy atom. The minimum absolute atomic E-state index is 0.263. The van der Waals surface area contributed by atoms with E-state index in [-0.39, 0.29) is 6.10 Å². The van der Waals surface area contributed by atoms with Gasteiger partial charge in [-0.1, -0.05) is 30.3 Å². The Morgan fingerprint density at radius 1 is 1.21 bits per heavy atom. The summed E-state index contributed by atoms with van der Waals surface area (Å²) in [6.07, 6.45) is 4.42. The van der Waals surface area contributed by atoms with Crippen molar-refractivity contribution in [2.24, 2.45) is 0 Å². The predicted molar refractivity (Wildman–Crippen MR) is 93.8 cm³/mol. The molecule has 4 rings (SSSR count). The van der Waals surface area contributed by atoms with E-state index in [1.165, 1.54) is 0 Å². The molecule has 1 fully saturated rings. The molecule has 124 valence electrons. The number of nitrogens with zero attached hydrogens (tertiary/aromatic N) is 2. The molecular formula is C20H22N2O2. The number of aryl methyl sites for hydroxylation is 2. The van der Waals surface area contributed by atoms with E-state index < -0.39 is 0 Å². The van der Waals surface area contributed by atoms with E-state index in [0.717, 1.165) is 60.0 Å². The molecule has 0 amide bonds. The van der Waals surface area contributed by atoms with Gasteiger partial charge in [0.05, 0.1) is 24.7 Å². The van der Waals surface area contributed by atoms with Gasteiger partial charge in [-0.2, -0.15) is 0 Å². The van der Waals surface area contributed by atoms with Crippen LogP contribution in [0, 0.1) is 13.8 Å². The van der Waals surface area contributed by atoms with E-state index in [4.69, 9.17) is 14.1 Å². The molecule has 1 saturated heterocycles. The molecule has 1 unspecified atom stereocenters. The van der Waals surface area contributed by atoms with Crippen molar-refractivity contribution in [3.05, 3.63) is 54.0 Å². The molecule has 0 radical (unpaired) electrons. The van der Waals surface area contributed by atoms with Crippen LogP contribution in [0.2, 0.25) is 0 Å². The molecule has 4 heteroatoms. The Hall–Kier alpha value is -2.33. The standard InChI is InChI=1S/C20H22N2O2/c1-14-11-18(24-15(14)2)20-19(16-7-4-3-5-8-16)21-13-22(20)12-17-9-6-10-23-17/h3-5,7-8,11,13,17H,6,9-10,12H2,1-2H3. The highest BCUT2D eigenvalue weighted by atomic mass is 16.5. The van der Waals surface area contributed by atoms with Gasteiger partial charge in [0.1, 0.15) is 11.5 Å². The van der Waals surface area contributed by atoms with Crippen LogP contribution < -0.4 is 0 Å². The zero-order chi connectivity index (χ0) is 16.5. The maximum absolute atomic E-state index is 6.02. The highest BCUT2D eigenvalue weighted by Crippen LogP contribution is 2.34. The molecule has 1 aliphatic heterocycles. The Morgan fingerprint density at radius 2 is 2.04 bits per heavy atom. The molecule has 3 heterocycles. The third kappa shape index (κ3) is 2.78. The molecule has 2 aromatic heterocycles. The lowest BCUT2D eigenvalue weighted by Crippen LogP contribution is -2.15. The quantitative estimate of drug-likeness (QED) is 0.704. The fourth-order valence-corrected chi connectivity index (χ4v) is 3.28. The second kappa shape index (κ2) is 6.29. The zero-order valence-corrected chi connectivity index (χ0v) is 14.2. The fraction of sp³-hybridized carbons (Fsp3) is 0.350. The summed E-state index contributed by atoms with van der Waals surface area (Å²) >= 11 is 0. The van der Waals surface area contributed by atoms with Gasteiger partial charge in [0.2, 0.25) is 0 Å². The molecule has 1 aromatic carbocycles. The SMILES string of the molecule is Cc1cc(-c2c(-c3ccccc3)ncn2CC2CCCO2)oc1C. The second-order valence-corrected chi connectivity index (χ2v) is 6.45. The Balaban J connectivity index is 1.80. The average Bonchev–Trinajstić information content (AvgIpc) is 3.31. The fourth-order valence-electron chi connectivity index (χ4n) is 3.28.